The topological polar surface area (TPSA) is 25.2 Å². The molecule has 0 unspecified atom stereocenters. The van der Waals surface area contributed by atoms with Gasteiger partial charge in [0.2, 0.25) is 0 Å². The van der Waals surface area contributed by atoms with Gasteiger partial charge in [0.05, 0.1) is 17.1 Å². The molecule has 0 fully saturated rings. The monoisotopic (exact) mass is 244 g/mol. The molecule has 0 aliphatic carbocycles. The molecule has 1 heterocycles. The Hall–Kier alpha value is -1.67. The van der Waals surface area contributed by atoms with Crippen LogP contribution in [0.25, 0.3) is 0 Å². The predicted octanol–water partition coefficient (Wildman–Crippen LogP) is 4.18. The summed E-state index contributed by atoms with van der Waals surface area (Å²) in [6.45, 7) is 3.95. The Labute approximate surface area is 106 Å². The van der Waals surface area contributed by atoms with Crippen molar-refractivity contribution < 1.29 is 0 Å². The number of pyridine rings is 1. The van der Waals surface area contributed by atoms with E-state index < -0.39 is 0 Å². The van der Waals surface area contributed by atoms with Gasteiger partial charge in [0.15, 0.2) is 0 Å². The van der Waals surface area contributed by atoms with E-state index in [4.69, 9.17) is 11.6 Å². The van der Waals surface area contributed by atoms with Crippen LogP contribution in [0.15, 0.2) is 47.6 Å². The van der Waals surface area contributed by atoms with Crippen molar-refractivity contribution in [2.24, 2.45) is 4.99 Å². The summed E-state index contributed by atoms with van der Waals surface area (Å²) >= 11 is 5.91. The molecule has 0 aliphatic heterocycles. The molecule has 0 amide bonds. The van der Waals surface area contributed by atoms with E-state index in [1.807, 2.05) is 50.2 Å². The van der Waals surface area contributed by atoms with Crippen LogP contribution in [0.5, 0.6) is 0 Å². The molecule has 2 nitrogen and oxygen atoms in total. The number of halogens is 1. The molecule has 2 aromatic rings. The van der Waals surface area contributed by atoms with E-state index in [0.29, 0.717) is 0 Å². The average Bonchev–Trinajstić information content (AvgIpc) is 2.34. The zero-order chi connectivity index (χ0) is 12.3. The van der Waals surface area contributed by atoms with E-state index in [1.165, 1.54) is 0 Å². The molecule has 1 aromatic heterocycles. The van der Waals surface area contributed by atoms with E-state index in [1.54, 1.807) is 6.20 Å². The van der Waals surface area contributed by atoms with Gasteiger partial charge in [0, 0.05) is 11.2 Å². The summed E-state index contributed by atoms with van der Waals surface area (Å²) in [5, 5.41) is 0.733. The first-order valence-electron chi connectivity index (χ1n) is 5.39. The number of nitrogens with zero attached hydrogens (tertiary/aromatic N) is 2. The number of hydrogen-bond donors (Lipinski definition) is 0. The Morgan fingerprint density at radius 2 is 2.06 bits per heavy atom. The van der Waals surface area contributed by atoms with Crippen LogP contribution in [0.2, 0.25) is 5.02 Å². The van der Waals surface area contributed by atoms with Crippen LogP contribution in [-0.4, -0.2) is 10.7 Å². The molecule has 1 aromatic carbocycles. The third-order valence-corrected chi connectivity index (χ3v) is 2.72. The van der Waals surface area contributed by atoms with Gasteiger partial charge in [-0.3, -0.25) is 9.98 Å². The second-order valence-corrected chi connectivity index (χ2v) is 4.28. The summed E-state index contributed by atoms with van der Waals surface area (Å²) < 4.78 is 0. The number of benzene rings is 1. The van der Waals surface area contributed by atoms with Crippen LogP contribution in [-0.2, 0) is 0 Å². The maximum absolute atomic E-state index is 5.91. The average molecular weight is 245 g/mol. The van der Waals surface area contributed by atoms with Crippen molar-refractivity contribution in [2.75, 3.05) is 0 Å². The highest BCUT2D eigenvalue weighted by atomic mass is 35.5. The third kappa shape index (κ3) is 2.92. The molecule has 0 aliphatic rings. The molecule has 2 rings (SSSR count). The summed E-state index contributed by atoms with van der Waals surface area (Å²) in [7, 11) is 0. The first kappa shape index (κ1) is 11.8. The SMILES string of the molecule is CC(=Nc1ccc(Cl)cc1C)c1ccccn1. The Morgan fingerprint density at radius 1 is 1.24 bits per heavy atom. The molecule has 0 N–H and O–H groups in total. The van der Waals surface area contributed by atoms with Gasteiger partial charge in [0.1, 0.15) is 0 Å². The number of hydrogen-bond acceptors (Lipinski definition) is 2. The van der Waals surface area contributed by atoms with Crippen molar-refractivity contribution in [3.8, 4) is 0 Å². The van der Waals surface area contributed by atoms with Crippen molar-refractivity contribution in [3.05, 3.63) is 58.9 Å². The highest BCUT2D eigenvalue weighted by molar-refractivity contribution is 6.30. The molecule has 3 heteroatoms. The zero-order valence-corrected chi connectivity index (χ0v) is 10.6. The predicted molar refractivity (Wildman–Crippen MR) is 72.3 cm³/mol. The van der Waals surface area contributed by atoms with Crippen LogP contribution in [0.4, 0.5) is 5.69 Å². The van der Waals surface area contributed by atoms with Crippen LogP contribution >= 0.6 is 11.6 Å². The van der Waals surface area contributed by atoms with Crippen molar-refractivity contribution in [3.63, 3.8) is 0 Å². The summed E-state index contributed by atoms with van der Waals surface area (Å²) in [6, 6.07) is 11.5. The minimum atomic E-state index is 0.733. The van der Waals surface area contributed by atoms with Crippen LogP contribution < -0.4 is 0 Å². The number of aliphatic imine (C=N–C) groups is 1. The van der Waals surface area contributed by atoms with Gasteiger partial charge in [-0.15, -0.1) is 0 Å². The first-order chi connectivity index (χ1) is 8.16. The third-order valence-electron chi connectivity index (χ3n) is 2.48. The maximum atomic E-state index is 5.91. The second kappa shape index (κ2) is 5.11. The molecule has 0 radical (unpaired) electrons. The Kier molecular flexibility index (Phi) is 3.55. The lowest BCUT2D eigenvalue weighted by Gasteiger charge is -2.03. The van der Waals surface area contributed by atoms with E-state index in [-0.39, 0.29) is 0 Å². The highest BCUT2D eigenvalue weighted by Gasteiger charge is 2.01. The quantitative estimate of drug-likeness (QED) is 0.728. The van der Waals surface area contributed by atoms with Crippen molar-refractivity contribution in [1.82, 2.24) is 4.98 Å². The normalized spacial score (nSPS) is 11.6. The lowest BCUT2D eigenvalue weighted by atomic mass is 10.2. The second-order valence-electron chi connectivity index (χ2n) is 3.84. The molecule has 0 saturated heterocycles. The lowest BCUT2D eigenvalue weighted by molar-refractivity contribution is 1.27. The summed E-state index contributed by atoms with van der Waals surface area (Å²) in [5.74, 6) is 0. The van der Waals surface area contributed by atoms with Crippen LogP contribution in [0.1, 0.15) is 18.2 Å². The summed E-state index contributed by atoms with van der Waals surface area (Å²) in [5.41, 5.74) is 3.78. The summed E-state index contributed by atoms with van der Waals surface area (Å²) in [4.78, 5) is 8.83. The van der Waals surface area contributed by atoms with Gasteiger partial charge in [-0.1, -0.05) is 17.7 Å². The van der Waals surface area contributed by atoms with E-state index in [9.17, 15) is 0 Å². The largest absolute Gasteiger partial charge is 0.255 e. The van der Waals surface area contributed by atoms with Gasteiger partial charge in [-0.05, 0) is 49.7 Å². The Bertz CT molecular complexity index is 547. The summed E-state index contributed by atoms with van der Waals surface area (Å²) in [6.07, 6.45) is 1.77. The van der Waals surface area contributed by atoms with Crippen LogP contribution in [0.3, 0.4) is 0 Å². The molecular weight excluding hydrogens is 232 g/mol. The Morgan fingerprint density at radius 3 is 2.71 bits per heavy atom. The maximum Gasteiger partial charge on any atom is 0.0841 e. The molecule has 86 valence electrons. The van der Waals surface area contributed by atoms with Gasteiger partial charge in [-0.2, -0.15) is 0 Å². The molecule has 0 bridgehead atoms. The molecule has 0 atom stereocenters. The van der Waals surface area contributed by atoms with Crippen LogP contribution in [0, 0.1) is 6.92 Å². The van der Waals surface area contributed by atoms with Gasteiger partial charge in [0.25, 0.3) is 0 Å². The smallest absolute Gasteiger partial charge is 0.0841 e. The zero-order valence-electron chi connectivity index (χ0n) is 9.81. The lowest BCUT2D eigenvalue weighted by Crippen LogP contribution is -1.96. The minimum Gasteiger partial charge on any atom is -0.255 e. The number of aromatic nitrogens is 1. The molecule has 17 heavy (non-hydrogen) atoms. The standard InChI is InChI=1S/C14H13ClN2/c1-10-9-12(15)6-7-13(10)17-11(2)14-5-3-4-8-16-14/h3-9H,1-2H3. The minimum absolute atomic E-state index is 0.733. The fraction of sp³-hybridized carbons (Fsp3) is 0.143. The van der Waals surface area contributed by atoms with Crippen molar-refractivity contribution in [1.29, 1.82) is 0 Å². The molecule has 0 saturated carbocycles. The van der Waals surface area contributed by atoms with Gasteiger partial charge >= 0.3 is 0 Å². The van der Waals surface area contributed by atoms with E-state index in [2.05, 4.69) is 9.98 Å². The van der Waals surface area contributed by atoms with E-state index >= 15 is 0 Å². The first-order valence-corrected chi connectivity index (χ1v) is 5.77. The fourth-order valence-electron chi connectivity index (χ4n) is 1.56. The molecular formula is C14H13ClN2. The number of aryl methyl sites for hydroxylation is 1. The molecule has 0 spiro atoms. The van der Waals surface area contributed by atoms with Crippen molar-refractivity contribution in [2.45, 2.75) is 13.8 Å². The van der Waals surface area contributed by atoms with E-state index in [0.717, 1.165) is 27.7 Å². The van der Waals surface area contributed by atoms with Gasteiger partial charge < -0.3 is 0 Å². The highest BCUT2D eigenvalue weighted by Crippen LogP contribution is 2.23. The fourth-order valence-corrected chi connectivity index (χ4v) is 1.79. The van der Waals surface area contributed by atoms with Crippen molar-refractivity contribution >= 4 is 23.0 Å². The number of rotatable bonds is 2. The Balaban J connectivity index is 2.36. The van der Waals surface area contributed by atoms with Gasteiger partial charge in [-0.25, -0.2) is 0 Å².